The van der Waals surface area contributed by atoms with E-state index in [0.717, 1.165) is 58.5 Å². The molecule has 1 atom stereocenters. The Bertz CT molecular complexity index is 640. The average molecular weight is 342 g/mol. The van der Waals surface area contributed by atoms with Crippen molar-refractivity contribution >= 4 is 5.91 Å². The molecule has 2 saturated heterocycles. The van der Waals surface area contributed by atoms with E-state index in [2.05, 4.69) is 58.4 Å². The van der Waals surface area contributed by atoms with Gasteiger partial charge in [-0.2, -0.15) is 0 Å². The summed E-state index contributed by atoms with van der Waals surface area (Å²) >= 11 is 0. The summed E-state index contributed by atoms with van der Waals surface area (Å²) in [5.74, 6) is 0.322. The SMILES string of the molecule is CN1Cc2ccccc2C[C@H]1C(=O)N1CCN(C)C2(CCNCC2)C1. The lowest BCUT2D eigenvalue weighted by molar-refractivity contribution is -0.143. The van der Waals surface area contributed by atoms with E-state index in [-0.39, 0.29) is 11.6 Å². The molecule has 5 heteroatoms. The fourth-order valence-corrected chi connectivity index (χ4v) is 4.82. The molecule has 1 aromatic carbocycles. The quantitative estimate of drug-likeness (QED) is 0.824. The first-order valence-corrected chi connectivity index (χ1v) is 9.57. The Morgan fingerprint density at radius 3 is 2.60 bits per heavy atom. The van der Waals surface area contributed by atoms with Crippen LogP contribution in [0, 0.1) is 0 Å². The summed E-state index contributed by atoms with van der Waals surface area (Å²) < 4.78 is 0. The summed E-state index contributed by atoms with van der Waals surface area (Å²) in [5, 5.41) is 3.46. The van der Waals surface area contributed by atoms with Gasteiger partial charge in [-0.15, -0.1) is 0 Å². The minimum absolute atomic E-state index is 0.0166. The van der Waals surface area contributed by atoms with E-state index in [1.807, 2.05) is 0 Å². The van der Waals surface area contributed by atoms with Crippen LogP contribution < -0.4 is 5.32 Å². The summed E-state index contributed by atoms with van der Waals surface area (Å²) in [6.07, 6.45) is 3.11. The van der Waals surface area contributed by atoms with E-state index in [1.165, 1.54) is 11.1 Å². The van der Waals surface area contributed by atoms with Crippen molar-refractivity contribution in [1.82, 2.24) is 20.0 Å². The minimum atomic E-state index is -0.0166. The zero-order chi connectivity index (χ0) is 17.4. The van der Waals surface area contributed by atoms with Crippen LogP contribution in [0.15, 0.2) is 24.3 Å². The van der Waals surface area contributed by atoms with Crippen LogP contribution in [-0.2, 0) is 17.8 Å². The molecule has 2 fully saturated rings. The van der Waals surface area contributed by atoms with E-state index in [4.69, 9.17) is 0 Å². The highest BCUT2D eigenvalue weighted by atomic mass is 16.2. The van der Waals surface area contributed by atoms with Gasteiger partial charge in [0.1, 0.15) is 0 Å². The second-order valence-corrected chi connectivity index (χ2v) is 8.06. The van der Waals surface area contributed by atoms with Gasteiger partial charge in [-0.1, -0.05) is 24.3 Å². The van der Waals surface area contributed by atoms with Crippen LogP contribution in [0.5, 0.6) is 0 Å². The molecule has 0 aromatic heterocycles. The molecule has 5 nitrogen and oxygen atoms in total. The van der Waals surface area contributed by atoms with Gasteiger partial charge in [0.2, 0.25) is 5.91 Å². The van der Waals surface area contributed by atoms with Crippen molar-refractivity contribution in [3.8, 4) is 0 Å². The van der Waals surface area contributed by atoms with Crippen molar-refractivity contribution in [2.24, 2.45) is 0 Å². The molecule has 1 spiro atoms. The molecule has 0 unspecified atom stereocenters. The molecule has 1 aromatic rings. The lowest BCUT2D eigenvalue weighted by Gasteiger charge is -2.52. The van der Waals surface area contributed by atoms with Gasteiger partial charge in [0.05, 0.1) is 6.04 Å². The Labute approximate surface area is 151 Å². The van der Waals surface area contributed by atoms with Crippen molar-refractivity contribution in [3.05, 3.63) is 35.4 Å². The number of nitrogens with zero attached hydrogens (tertiary/aromatic N) is 3. The zero-order valence-corrected chi connectivity index (χ0v) is 15.5. The van der Waals surface area contributed by atoms with E-state index in [1.54, 1.807) is 0 Å². The van der Waals surface area contributed by atoms with Crippen LogP contribution in [0.2, 0.25) is 0 Å². The summed E-state index contributed by atoms with van der Waals surface area (Å²) in [7, 11) is 4.32. The van der Waals surface area contributed by atoms with E-state index in [9.17, 15) is 4.79 Å². The highest BCUT2D eigenvalue weighted by molar-refractivity contribution is 5.83. The molecular weight excluding hydrogens is 312 g/mol. The molecule has 0 aliphatic carbocycles. The Morgan fingerprint density at radius 2 is 1.84 bits per heavy atom. The lowest BCUT2D eigenvalue weighted by Crippen LogP contribution is -2.66. The van der Waals surface area contributed by atoms with E-state index >= 15 is 0 Å². The van der Waals surface area contributed by atoms with Gasteiger partial charge in [0.15, 0.2) is 0 Å². The third-order valence-electron chi connectivity index (χ3n) is 6.61. The number of piperazine rings is 1. The average Bonchev–Trinajstić information content (AvgIpc) is 2.64. The first kappa shape index (κ1) is 17.0. The Balaban J connectivity index is 1.51. The number of likely N-dealkylation sites (N-methyl/N-ethyl adjacent to an activating group) is 2. The maximum Gasteiger partial charge on any atom is 0.240 e. The Morgan fingerprint density at radius 1 is 1.12 bits per heavy atom. The molecule has 25 heavy (non-hydrogen) atoms. The van der Waals surface area contributed by atoms with Crippen LogP contribution >= 0.6 is 0 Å². The molecular formula is C20H30N4O. The van der Waals surface area contributed by atoms with Gasteiger partial charge in [0.25, 0.3) is 0 Å². The number of piperidine rings is 1. The summed E-state index contributed by atoms with van der Waals surface area (Å²) in [6.45, 7) is 5.72. The maximum atomic E-state index is 13.4. The van der Waals surface area contributed by atoms with E-state index < -0.39 is 0 Å². The predicted molar refractivity (Wildman–Crippen MR) is 99.4 cm³/mol. The molecule has 3 heterocycles. The molecule has 1 amide bonds. The number of carbonyl (C=O) groups excluding carboxylic acids is 1. The number of nitrogens with one attached hydrogen (secondary N) is 1. The summed E-state index contributed by atoms with van der Waals surface area (Å²) in [6, 6.07) is 8.53. The van der Waals surface area contributed by atoms with Gasteiger partial charge >= 0.3 is 0 Å². The number of carbonyl (C=O) groups is 1. The zero-order valence-electron chi connectivity index (χ0n) is 15.5. The normalized spacial score (nSPS) is 27.3. The summed E-state index contributed by atoms with van der Waals surface area (Å²) in [5.41, 5.74) is 2.87. The molecule has 4 rings (SSSR count). The molecule has 0 bridgehead atoms. The molecule has 3 aliphatic heterocycles. The van der Waals surface area contributed by atoms with Crippen LogP contribution in [0.3, 0.4) is 0 Å². The lowest BCUT2D eigenvalue weighted by atomic mass is 9.84. The smallest absolute Gasteiger partial charge is 0.240 e. The van der Waals surface area contributed by atoms with Crippen molar-refractivity contribution in [3.63, 3.8) is 0 Å². The number of hydrogen-bond donors (Lipinski definition) is 1. The molecule has 0 saturated carbocycles. The largest absolute Gasteiger partial charge is 0.338 e. The molecule has 3 aliphatic rings. The van der Waals surface area contributed by atoms with Crippen molar-refractivity contribution < 1.29 is 4.79 Å². The molecule has 0 radical (unpaired) electrons. The molecule has 136 valence electrons. The second-order valence-electron chi connectivity index (χ2n) is 8.06. The first-order valence-electron chi connectivity index (χ1n) is 9.57. The molecule has 1 N–H and O–H groups in total. The van der Waals surface area contributed by atoms with Crippen molar-refractivity contribution in [2.75, 3.05) is 46.8 Å². The standard InChI is InChI=1S/C20H30N4O/c1-22-14-17-6-4-3-5-16(17)13-18(22)19(25)24-12-11-23(2)20(15-24)7-9-21-10-8-20/h3-6,18,21H,7-15H2,1-2H3/t18-/m0/s1. The van der Waals surface area contributed by atoms with Crippen LogP contribution in [-0.4, -0.2) is 79.0 Å². The van der Waals surface area contributed by atoms with Gasteiger partial charge < -0.3 is 10.2 Å². The van der Waals surface area contributed by atoms with Crippen molar-refractivity contribution in [1.29, 1.82) is 0 Å². The number of fused-ring (bicyclic) bond motifs is 1. The number of benzene rings is 1. The van der Waals surface area contributed by atoms with Gasteiger partial charge in [0, 0.05) is 31.7 Å². The summed E-state index contributed by atoms with van der Waals surface area (Å²) in [4.78, 5) is 20.2. The predicted octanol–water partition coefficient (Wildman–Crippen LogP) is 0.939. The number of amides is 1. The van der Waals surface area contributed by atoms with Crippen LogP contribution in [0.1, 0.15) is 24.0 Å². The fraction of sp³-hybridized carbons (Fsp3) is 0.650. The highest BCUT2D eigenvalue weighted by Gasteiger charge is 2.43. The highest BCUT2D eigenvalue weighted by Crippen LogP contribution is 2.31. The van der Waals surface area contributed by atoms with Crippen molar-refractivity contribution in [2.45, 2.75) is 37.4 Å². The second kappa shape index (κ2) is 6.71. The Kier molecular flexibility index (Phi) is 4.56. The third kappa shape index (κ3) is 3.09. The monoisotopic (exact) mass is 342 g/mol. The topological polar surface area (TPSA) is 38.8 Å². The minimum Gasteiger partial charge on any atom is -0.338 e. The maximum absolute atomic E-state index is 13.4. The van der Waals surface area contributed by atoms with Crippen LogP contribution in [0.25, 0.3) is 0 Å². The third-order valence-corrected chi connectivity index (χ3v) is 6.61. The van der Waals surface area contributed by atoms with Gasteiger partial charge in [-0.25, -0.2) is 0 Å². The first-order chi connectivity index (χ1) is 12.1. The van der Waals surface area contributed by atoms with E-state index in [0.29, 0.717) is 5.91 Å². The fourth-order valence-electron chi connectivity index (χ4n) is 4.82. The van der Waals surface area contributed by atoms with Crippen LogP contribution in [0.4, 0.5) is 0 Å². The Hall–Kier alpha value is -1.43. The number of rotatable bonds is 1. The number of hydrogen-bond acceptors (Lipinski definition) is 4. The van der Waals surface area contributed by atoms with Gasteiger partial charge in [-0.3, -0.25) is 14.6 Å². The van der Waals surface area contributed by atoms with Gasteiger partial charge in [-0.05, 0) is 57.6 Å².